The summed E-state index contributed by atoms with van der Waals surface area (Å²) in [6.45, 7) is 44.3. The molecular weight excluding hydrogens is 717 g/mol. The standard InChI is InChI=1S/C21H27N.C11H24.C9H20.C7H16.C6H9NO.C2H6/c1-9-10-15(3)16(4)13-19(7)21(22-8)20-17(5)11-14(2)12-18(20)6;1-4-7-9-11(6-3)10-8-5-2;1-4-7-8-9(5-2)6-3;1-3-5-7-6-4-2;1-6(5-8)3-2-4-7;1-2/h9-13H,1,8H2,2-7H3;11H,4-10H2,1-3H3;9H,4-8H2,1-3H3;3-7H2,1-2H3;5-6H,2-3H2,1H3;1-2H3/b15-10-,16-13+,21-19+;;;;;. The highest BCUT2D eigenvalue weighted by atomic mass is 16.1. The summed E-state index contributed by atoms with van der Waals surface area (Å²) in [6, 6.07) is 6.36. The lowest BCUT2D eigenvalue weighted by Crippen LogP contribution is -1.98. The molecule has 0 aromatic heterocycles. The molecule has 1 aromatic rings. The Kier molecular flexibility index (Phi) is 54.5. The number of aliphatic imine (C=N–C) groups is 1. The molecule has 0 radical (unpaired) electrons. The number of nitriles is 1. The van der Waals surface area contributed by atoms with Gasteiger partial charge in [-0.3, -0.25) is 4.99 Å². The van der Waals surface area contributed by atoms with Gasteiger partial charge in [-0.05, 0) is 94.4 Å². The van der Waals surface area contributed by atoms with Gasteiger partial charge in [0.15, 0.2) is 0 Å². The molecule has 59 heavy (non-hydrogen) atoms. The first kappa shape index (κ1) is 65.1. The summed E-state index contributed by atoms with van der Waals surface area (Å²) >= 11 is 0. The van der Waals surface area contributed by atoms with Crippen LogP contribution in [0.25, 0.3) is 5.70 Å². The molecule has 0 aliphatic carbocycles. The molecule has 3 heteroatoms. The number of rotatable bonds is 24. The molecule has 342 valence electrons. The Morgan fingerprint density at radius 2 is 1.12 bits per heavy atom. The van der Waals surface area contributed by atoms with E-state index >= 15 is 0 Å². The average Bonchev–Trinajstić information content (AvgIpc) is 3.23. The number of nitrogens with zero attached hydrogens (tertiary/aromatic N) is 2. The maximum atomic E-state index is 9.90. The van der Waals surface area contributed by atoms with Gasteiger partial charge in [-0.2, -0.15) is 5.26 Å². The normalized spacial score (nSPS) is 11.6. The Hall–Kier alpha value is -2.99. The van der Waals surface area contributed by atoms with E-state index in [4.69, 9.17) is 5.26 Å². The third-order valence-electron chi connectivity index (χ3n) is 10.6. The van der Waals surface area contributed by atoms with E-state index in [9.17, 15) is 4.79 Å². The number of hydrogen-bond donors (Lipinski definition) is 0. The summed E-state index contributed by atoms with van der Waals surface area (Å²) in [5.74, 6) is 2.08. The summed E-state index contributed by atoms with van der Waals surface area (Å²) in [6.07, 6.45) is 31.9. The van der Waals surface area contributed by atoms with Crippen molar-refractivity contribution in [1.82, 2.24) is 0 Å². The average molecular weight is 819 g/mol. The van der Waals surface area contributed by atoms with Gasteiger partial charge in [-0.15, -0.1) is 0 Å². The molecule has 0 saturated heterocycles. The zero-order chi connectivity index (χ0) is 46.4. The monoisotopic (exact) mass is 819 g/mol. The van der Waals surface area contributed by atoms with Crippen LogP contribution in [-0.4, -0.2) is 13.0 Å². The van der Waals surface area contributed by atoms with Crippen LogP contribution in [0.2, 0.25) is 0 Å². The van der Waals surface area contributed by atoms with Gasteiger partial charge >= 0.3 is 0 Å². The van der Waals surface area contributed by atoms with Gasteiger partial charge in [0.2, 0.25) is 0 Å². The number of unbranched alkanes of at least 4 members (excludes halogenated alkanes) is 7. The van der Waals surface area contributed by atoms with Crippen molar-refractivity contribution in [1.29, 1.82) is 5.26 Å². The number of aryl methyl sites for hydroxylation is 3. The number of carbonyl (C=O) groups is 1. The number of carbonyl (C=O) groups excluding carboxylic acids is 1. The molecule has 1 aromatic carbocycles. The van der Waals surface area contributed by atoms with Crippen LogP contribution in [0.4, 0.5) is 0 Å². The highest BCUT2D eigenvalue weighted by molar-refractivity contribution is 5.76. The van der Waals surface area contributed by atoms with Crippen LogP contribution in [0.3, 0.4) is 0 Å². The molecular formula is C56H102N2O. The van der Waals surface area contributed by atoms with E-state index < -0.39 is 0 Å². The first-order valence-electron chi connectivity index (χ1n) is 24.3. The Morgan fingerprint density at radius 3 is 1.46 bits per heavy atom. The minimum absolute atomic E-state index is 0.0506. The largest absolute Gasteiger partial charge is 0.303 e. The third-order valence-corrected chi connectivity index (χ3v) is 10.6. The van der Waals surface area contributed by atoms with Crippen molar-refractivity contribution in [2.45, 2.75) is 240 Å². The number of hydrogen-bond acceptors (Lipinski definition) is 3. The van der Waals surface area contributed by atoms with Crippen LogP contribution in [0.1, 0.15) is 241 Å². The molecule has 0 fully saturated rings. The molecule has 0 bridgehead atoms. The molecule has 1 unspecified atom stereocenters. The van der Waals surface area contributed by atoms with Gasteiger partial charge in [0.25, 0.3) is 0 Å². The van der Waals surface area contributed by atoms with Crippen LogP contribution >= 0.6 is 0 Å². The third kappa shape index (κ3) is 40.2. The van der Waals surface area contributed by atoms with Crippen LogP contribution in [0.15, 0.2) is 58.7 Å². The van der Waals surface area contributed by atoms with Crippen molar-refractivity contribution in [3.05, 3.63) is 75.9 Å². The molecule has 0 heterocycles. The van der Waals surface area contributed by atoms with Gasteiger partial charge in [-0.1, -0.05) is 228 Å². The fourth-order valence-electron chi connectivity index (χ4n) is 6.53. The van der Waals surface area contributed by atoms with E-state index in [1.165, 1.54) is 143 Å². The molecule has 0 saturated carbocycles. The van der Waals surface area contributed by atoms with E-state index in [1.54, 1.807) is 0 Å². The van der Waals surface area contributed by atoms with Crippen LogP contribution in [-0.2, 0) is 4.79 Å². The topological polar surface area (TPSA) is 53.2 Å². The number of benzene rings is 1. The lowest BCUT2D eigenvalue weighted by molar-refractivity contribution is -0.110. The molecule has 0 N–H and O–H groups in total. The van der Waals surface area contributed by atoms with Crippen molar-refractivity contribution in [3.8, 4) is 6.07 Å². The van der Waals surface area contributed by atoms with Gasteiger partial charge in [0.05, 0.1) is 11.8 Å². The van der Waals surface area contributed by atoms with E-state index in [-0.39, 0.29) is 5.92 Å². The second kappa shape index (κ2) is 49.4. The van der Waals surface area contributed by atoms with Crippen molar-refractivity contribution < 1.29 is 4.79 Å². The van der Waals surface area contributed by atoms with Gasteiger partial charge < -0.3 is 4.79 Å². The molecule has 0 aliphatic heterocycles. The van der Waals surface area contributed by atoms with Crippen molar-refractivity contribution in [2.24, 2.45) is 22.7 Å². The van der Waals surface area contributed by atoms with Gasteiger partial charge in [-0.25, -0.2) is 0 Å². The summed E-state index contributed by atoms with van der Waals surface area (Å²) in [5, 5.41) is 8.04. The zero-order valence-electron chi connectivity index (χ0n) is 42.8. The van der Waals surface area contributed by atoms with Crippen LogP contribution < -0.4 is 0 Å². The molecule has 1 rings (SSSR count). The van der Waals surface area contributed by atoms with Crippen molar-refractivity contribution >= 4 is 18.7 Å². The lowest BCUT2D eigenvalue weighted by Gasteiger charge is -2.14. The van der Waals surface area contributed by atoms with E-state index in [0.29, 0.717) is 12.8 Å². The first-order valence-corrected chi connectivity index (χ1v) is 24.3. The zero-order valence-corrected chi connectivity index (χ0v) is 42.8. The molecule has 3 nitrogen and oxygen atoms in total. The summed E-state index contributed by atoms with van der Waals surface area (Å²) in [7, 11) is 0. The van der Waals surface area contributed by atoms with Crippen molar-refractivity contribution in [2.75, 3.05) is 0 Å². The summed E-state index contributed by atoms with van der Waals surface area (Å²) in [5.41, 5.74) is 9.44. The lowest BCUT2D eigenvalue weighted by atomic mass is 9.94. The van der Waals surface area contributed by atoms with E-state index in [0.717, 1.165) is 29.4 Å². The highest BCUT2D eigenvalue weighted by Gasteiger charge is 2.11. The maximum absolute atomic E-state index is 9.90. The Morgan fingerprint density at radius 1 is 0.695 bits per heavy atom. The number of aldehydes is 1. The molecule has 1 atom stereocenters. The minimum Gasteiger partial charge on any atom is -0.303 e. The van der Waals surface area contributed by atoms with Crippen LogP contribution in [0, 0.1) is 49.9 Å². The smallest absolute Gasteiger partial charge is 0.122 e. The van der Waals surface area contributed by atoms with E-state index in [1.807, 2.05) is 39.0 Å². The highest BCUT2D eigenvalue weighted by Crippen LogP contribution is 2.29. The molecule has 0 amide bonds. The predicted octanol–water partition coefficient (Wildman–Crippen LogP) is 19.3. The summed E-state index contributed by atoms with van der Waals surface area (Å²) in [4.78, 5) is 14.2. The van der Waals surface area contributed by atoms with Crippen molar-refractivity contribution in [3.63, 3.8) is 0 Å². The summed E-state index contributed by atoms with van der Waals surface area (Å²) < 4.78 is 0. The van der Waals surface area contributed by atoms with E-state index in [2.05, 4.69) is 133 Å². The fraction of sp³-hybridized carbons (Fsp3) is 0.696. The Balaban J connectivity index is -0.000000222. The Bertz CT molecular complexity index is 1220. The van der Waals surface area contributed by atoms with Gasteiger partial charge in [0.1, 0.15) is 6.29 Å². The van der Waals surface area contributed by atoms with Gasteiger partial charge in [0, 0.05) is 17.9 Å². The van der Waals surface area contributed by atoms with Crippen LogP contribution in [0.5, 0.6) is 0 Å². The quantitative estimate of drug-likeness (QED) is 0.0451. The molecule has 0 spiro atoms. The molecule has 0 aliphatic rings. The second-order valence-corrected chi connectivity index (χ2v) is 16.1. The second-order valence-electron chi connectivity index (χ2n) is 16.1. The minimum atomic E-state index is 0.0506. The fourth-order valence-corrected chi connectivity index (χ4v) is 6.53. The predicted molar refractivity (Wildman–Crippen MR) is 273 cm³/mol. The maximum Gasteiger partial charge on any atom is 0.122 e. The SMILES string of the molecule is C=C\C=C(C)/C(C)=C/C(C)=C(/N=C)c1c(C)cc(C)cc1C.CC.CC(C=O)CCC#N.CCCCC(CC)CC.CCCCC(CC)CCCC.CCCCCCC. The Labute approximate surface area is 371 Å². The first-order chi connectivity index (χ1) is 28.2. The number of allylic oxidation sites excluding steroid dienone is 6.